The van der Waals surface area contributed by atoms with E-state index in [-0.39, 0.29) is 18.1 Å². The van der Waals surface area contributed by atoms with Gasteiger partial charge in [0.1, 0.15) is 12.0 Å². The van der Waals surface area contributed by atoms with Crippen molar-refractivity contribution in [3.8, 4) is 0 Å². The number of carbonyl (C=O) groups excluding carboxylic acids is 1. The van der Waals surface area contributed by atoms with Crippen LogP contribution in [0, 0.1) is 0 Å². The normalized spacial score (nSPS) is 14.3. The molecule has 1 aliphatic carbocycles. The zero-order valence-corrected chi connectivity index (χ0v) is 16.0. The number of carbonyl (C=O) groups is 1. The van der Waals surface area contributed by atoms with E-state index in [4.69, 9.17) is 8.83 Å². The van der Waals surface area contributed by atoms with E-state index in [1.54, 1.807) is 12.1 Å². The van der Waals surface area contributed by atoms with Crippen molar-refractivity contribution in [3.05, 3.63) is 77.4 Å². The Bertz CT molecular complexity index is 977. The summed E-state index contributed by atoms with van der Waals surface area (Å²) < 4.78 is 48.8. The Morgan fingerprint density at radius 1 is 1.13 bits per heavy atom. The fraction of sp³-hybridized carbons (Fsp3) is 0.333. The summed E-state index contributed by atoms with van der Waals surface area (Å²) in [5.74, 6) is 0.641. The maximum absolute atomic E-state index is 12.7. The van der Waals surface area contributed by atoms with E-state index < -0.39 is 11.7 Å². The van der Waals surface area contributed by atoms with Gasteiger partial charge in [-0.25, -0.2) is 4.98 Å². The minimum atomic E-state index is -4.35. The Morgan fingerprint density at radius 3 is 2.53 bits per heavy atom. The van der Waals surface area contributed by atoms with Crippen molar-refractivity contribution in [2.24, 2.45) is 0 Å². The molecule has 9 heteroatoms. The summed E-state index contributed by atoms with van der Waals surface area (Å²) in [7, 11) is 0. The summed E-state index contributed by atoms with van der Waals surface area (Å²) in [6.07, 6.45) is 0.505. The molecule has 158 valence electrons. The molecule has 6 nitrogen and oxygen atoms in total. The Balaban J connectivity index is 1.36. The molecule has 1 saturated carbocycles. The first-order valence-corrected chi connectivity index (χ1v) is 9.53. The van der Waals surface area contributed by atoms with Crippen molar-refractivity contribution in [2.75, 3.05) is 0 Å². The van der Waals surface area contributed by atoms with Gasteiger partial charge in [-0.15, -0.1) is 0 Å². The third kappa shape index (κ3) is 5.10. The lowest BCUT2D eigenvalue weighted by Crippen LogP contribution is -2.26. The van der Waals surface area contributed by atoms with Crippen LogP contribution < -0.4 is 5.32 Å². The lowest BCUT2D eigenvalue weighted by molar-refractivity contribution is -0.137. The molecule has 1 amide bonds. The molecule has 3 aromatic rings. The molecular formula is C21H20F3N3O3. The first-order chi connectivity index (χ1) is 14.4. The number of nitrogens with one attached hydrogen (secondary N) is 1. The SMILES string of the molecule is O=C(NCc1ccco1)c1coc(CN(Cc2ccc(C(F)(F)F)cc2)C2CC2)n1. The van der Waals surface area contributed by atoms with Crippen LogP contribution in [0.5, 0.6) is 0 Å². The van der Waals surface area contributed by atoms with E-state index in [0.29, 0.717) is 30.8 Å². The van der Waals surface area contributed by atoms with Gasteiger partial charge in [0.15, 0.2) is 5.69 Å². The number of halogens is 3. The molecule has 0 spiro atoms. The van der Waals surface area contributed by atoms with Crippen molar-refractivity contribution < 1.29 is 26.8 Å². The Kier molecular flexibility index (Phi) is 5.63. The highest BCUT2D eigenvalue weighted by Gasteiger charge is 2.32. The van der Waals surface area contributed by atoms with Crippen molar-refractivity contribution in [1.82, 2.24) is 15.2 Å². The molecule has 4 rings (SSSR count). The lowest BCUT2D eigenvalue weighted by atomic mass is 10.1. The largest absolute Gasteiger partial charge is 0.467 e. The van der Waals surface area contributed by atoms with Crippen molar-refractivity contribution in [2.45, 2.75) is 44.7 Å². The second kappa shape index (κ2) is 8.35. The van der Waals surface area contributed by atoms with E-state index in [1.165, 1.54) is 24.7 Å². The molecule has 2 heterocycles. The van der Waals surface area contributed by atoms with Crippen LogP contribution in [0.2, 0.25) is 0 Å². The second-order valence-electron chi connectivity index (χ2n) is 7.22. The maximum Gasteiger partial charge on any atom is 0.416 e. The minimum Gasteiger partial charge on any atom is -0.467 e. The smallest absolute Gasteiger partial charge is 0.416 e. The van der Waals surface area contributed by atoms with Crippen LogP contribution >= 0.6 is 0 Å². The maximum atomic E-state index is 12.7. The van der Waals surface area contributed by atoms with Gasteiger partial charge in [0, 0.05) is 12.6 Å². The van der Waals surface area contributed by atoms with Gasteiger partial charge in [-0.2, -0.15) is 13.2 Å². The fourth-order valence-electron chi connectivity index (χ4n) is 3.12. The number of rotatable bonds is 8. The highest BCUT2D eigenvalue weighted by atomic mass is 19.4. The van der Waals surface area contributed by atoms with Crippen LogP contribution in [0.3, 0.4) is 0 Å². The van der Waals surface area contributed by atoms with Crippen molar-refractivity contribution in [1.29, 1.82) is 0 Å². The average molecular weight is 419 g/mol. The summed E-state index contributed by atoms with van der Waals surface area (Å²) in [5.41, 5.74) is 0.279. The number of benzene rings is 1. The van der Waals surface area contributed by atoms with Crippen LogP contribution in [0.4, 0.5) is 13.2 Å². The first-order valence-electron chi connectivity index (χ1n) is 9.53. The van der Waals surface area contributed by atoms with E-state index in [2.05, 4.69) is 15.2 Å². The summed E-state index contributed by atoms with van der Waals surface area (Å²) in [6, 6.07) is 8.97. The number of nitrogens with zero attached hydrogens (tertiary/aromatic N) is 2. The average Bonchev–Trinajstić information content (AvgIpc) is 3.22. The summed E-state index contributed by atoms with van der Waals surface area (Å²) in [4.78, 5) is 18.6. The number of oxazole rings is 1. The molecule has 0 unspecified atom stereocenters. The molecule has 30 heavy (non-hydrogen) atoms. The zero-order valence-electron chi connectivity index (χ0n) is 16.0. The van der Waals surface area contributed by atoms with Crippen LogP contribution in [0.1, 0.15) is 46.1 Å². The fourth-order valence-corrected chi connectivity index (χ4v) is 3.12. The molecule has 0 atom stereocenters. The molecule has 0 radical (unpaired) electrons. The van der Waals surface area contributed by atoms with Crippen molar-refractivity contribution >= 4 is 5.91 Å². The number of furan rings is 1. The number of hydrogen-bond donors (Lipinski definition) is 1. The lowest BCUT2D eigenvalue weighted by Gasteiger charge is -2.20. The third-order valence-corrected chi connectivity index (χ3v) is 4.86. The van der Waals surface area contributed by atoms with Gasteiger partial charge >= 0.3 is 6.18 Å². The van der Waals surface area contributed by atoms with Crippen molar-refractivity contribution in [3.63, 3.8) is 0 Å². The second-order valence-corrected chi connectivity index (χ2v) is 7.22. The predicted octanol–water partition coefficient (Wildman–Crippen LogP) is 4.38. The van der Waals surface area contributed by atoms with E-state index in [1.807, 2.05) is 0 Å². The minimum absolute atomic E-state index is 0.168. The molecule has 1 aromatic carbocycles. The molecule has 2 aromatic heterocycles. The van der Waals surface area contributed by atoms with Gasteiger partial charge < -0.3 is 14.2 Å². The van der Waals surface area contributed by atoms with Gasteiger partial charge in [0.2, 0.25) is 5.89 Å². The highest BCUT2D eigenvalue weighted by molar-refractivity contribution is 5.91. The standard InChI is InChI=1S/C21H20F3N3O3/c22-21(23,24)15-5-3-14(4-6-15)11-27(16-7-8-16)12-19-26-18(13-30-19)20(28)25-10-17-2-1-9-29-17/h1-6,9,13,16H,7-8,10-12H2,(H,25,28). The zero-order chi connectivity index (χ0) is 21.1. The Hall–Kier alpha value is -3.07. The number of alkyl halides is 3. The molecule has 1 aliphatic rings. The highest BCUT2D eigenvalue weighted by Crippen LogP contribution is 2.32. The molecule has 0 bridgehead atoms. The van der Waals surface area contributed by atoms with Gasteiger partial charge in [0.25, 0.3) is 5.91 Å². The topological polar surface area (TPSA) is 71.5 Å². The van der Waals surface area contributed by atoms with Gasteiger partial charge in [0.05, 0.1) is 24.9 Å². The summed E-state index contributed by atoms with van der Waals surface area (Å²) >= 11 is 0. The van der Waals surface area contributed by atoms with E-state index in [0.717, 1.165) is 30.5 Å². The Labute approximate surface area is 170 Å². The number of aromatic nitrogens is 1. The number of hydrogen-bond acceptors (Lipinski definition) is 5. The van der Waals surface area contributed by atoms with E-state index in [9.17, 15) is 18.0 Å². The van der Waals surface area contributed by atoms with Crippen LogP contribution in [-0.2, 0) is 25.8 Å². The predicted molar refractivity (Wildman–Crippen MR) is 100 cm³/mol. The number of amides is 1. The molecule has 1 fully saturated rings. The summed E-state index contributed by atoms with van der Waals surface area (Å²) in [6.45, 7) is 1.10. The van der Waals surface area contributed by atoms with Gasteiger partial charge in [-0.05, 0) is 42.7 Å². The summed E-state index contributed by atoms with van der Waals surface area (Å²) in [5, 5.41) is 2.70. The first kappa shape index (κ1) is 20.2. The monoisotopic (exact) mass is 419 g/mol. The van der Waals surface area contributed by atoms with Crippen LogP contribution in [-0.4, -0.2) is 21.8 Å². The Morgan fingerprint density at radius 2 is 1.90 bits per heavy atom. The quantitative estimate of drug-likeness (QED) is 0.587. The van der Waals surface area contributed by atoms with Crippen LogP contribution in [0.25, 0.3) is 0 Å². The van der Waals surface area contributed by atoms with Crippen LogP contribution in [0.15, 0.2) is 57.8 Å². The molecule has 0 saturated heterocycles. The van der Waals surface area contributed by atoms with Gasteiger partial charge in [-0.3, -0.25) is 9.69 Å². The third-order valence-electron chi connectivity index (χ3n) is 4.86. The molecule has 1 N–H and O–H groups in total. The van der Waals surface area contributed by atoms with Gasteiger partial charge in [-0.1, -0.05) is 12.1 Å². The van der Waals surface area contributed by atoms with E-state index >= 15 is 0 Å². The molecular weight excluding hydrogens is 399 g/mol. The molecule has 0 aliphatic heterocycles.